The van der Waals surface area contributed by atoms with Crippen LogP contribution in [0.15, 0.2) is 4.99 Å². The van der Waals surface area contributed by atoms with Crippen LogP contribution in [0.2, 0.25) is 0 Å². The molecular weight excluding hydrogens is 126 g/mol. The number of guanidine groups is 1. The molecule has 3 heteroatoms. The van der Waals surface area contributed by atoms with Crippen LogP contribution in [0.5, 0.6) is 0 Å². The second kappa shape index (κ2) is 4.14. The van der Waals surface area contributed by atoms with Gasteiger partial charge >= 0.3 is 0 Å². The average molecular weight is 142 g/mol. The van der Waals surface area contributed by atoms with Crippen LogP contribution in [-0.4, -0.2) is 18.0 Å². The van der Waals surface area contributed by atoms with Crippen LogP contribution in [0.4, 0.5) is 0 Å². The lowest BCUT2D eigenvalue weighted by molar-refractivity contribution is 0.829. The molecule has 0 aromatic rings. The Bertz CT molecular complexity index is 116. The van der Waals surface area contributed by atoms with E-state index in [4.69, 9.17) is 5.73 Å². The van der Waals surface area contributed by atoms with Gasteiger partial charge in [0.1, 0.15) is 0 Å². The maximum atomic E-state index is 5.46. The maximum absolute atomic E-state index is 5.46. The third-order valence-corrected chi connectivity index (χ3v) is 0.781. The van der Waals surface area contributed by atoms with E-state index in [1.165, 1.54) is 0 Å². The number of hydrogen-bond donors (Lipinski definition) is 1. The molecule has 0 aliphatic rings. The molecule has 0 atom stereocenters. The third-order valence-electron chi connectivity index (χ3n) is 0.781. The Morgan fingerprint density at radius 1 is 1.30 bits per heavy atom. The molecule has 0 saturated heterocycles. The summed E-state index contributed by atoms with van der Waals surface area (Å²) in [6.07, 6.45) is 0. The van der Waals surface area contributed by atoms with Gasteiger partial charge in [-0.05, 0) is 12.1 Å². The van der Waals surface area contributed by atoms with E-state index in [0.717, 1.165) is 0 Å². The molecule has 0 rings (SSSR count). The van der Waals surface area contributed by atoms with Crippen LogP contribution in [0.1, 0.15) is 27.7 Å². The fourth-order valence-corrected chi connectivity index (χ4v) is 0.562. The smallest absolute Gasteiger partial charge is 0.00371 e. The van der Waals surface area contributed by atoms with E-state index >= 15 is 0 Å². The summed E-state index contributed by atoms with van der Waals surface area (Å²) in [6, 6.07) is 0.477. The van der Waals surface area contributed by atoms with Gasteiger partial charge in [0, 0.05) is 5.96 Å². The first-order valence-electron chi connectivity index (χ1n) is 3.56. The fourth-order valence-electron chi connectivity index (χ4n) is 0.562. The second-order valence-corrected chi connectivity index (χ2v) is 2.80. The van der Waals surface area contributed by atoms with Gasteiger partial charge in [-0.2, -0.15) is 0 Å². The molecule has 10 heavy (non-hydrogen) atoms. The zero-order chi connectivity index (χ0) is 8.15. The van der Waals surface area contributed by atoms with Gasteiger partial charge in [0.2, 0.25) is 0 Å². The van der Waals surface area contributed by atoms with E-state index in [1.54, 1.807) is 0 Å². The molecule has 0 spiro atoms. The second-order valence-electron chi connectivity index (χ2n) is 2.80. The van der Waals surface area contributed by atoms with Crippen molar-refractivity contribution in [2.24, 2.45) is 10.7 Å². The van der Waals surface area contributed by atoms with E-state index in [0.29, 0.717) is 5.96 Å². The molecule has 2 N–H and O–H groups in total. The number of aliphatic imine (C=N–C) groups is 1. The quantitative estimate of drug-likeness (QED) is 0.461. The molecule has 0 aliphatic heterocycles. The summed E-state index contributed by atoms with van der Waals surface area (Å²) >= 11 is 0. The largest absolute Gasteiger partial charge is 0.454 e. The molecule has 0 aliphatic carbocycles. The predicted octanol–water partition coefficient (Wildman–Crippen LogP) is 1.49. The summed E-state index contributed by atoms with van der Waals surface area (Å²) in [7, 11) is 0. The molecule has 3 nitrogen and oxygen atoms in total. The first kappa shape index (κ1) is 9.27. The van der Waals surface area contributed by atoms with E-state index in [-0.39, 0.29) is 12.1 Å². The Morgan fingerprint density at radius 2 is 1.80 bits per heavy atom. The van der Waals surface area contributed by atoms with Gasteiger partial charge in [0.15, 0.2) is 0 Å². The lowest BCUT2D eigenvalue weighted by Crippen LogP contribution is -2.16. The molecule has 0 bridgehead atoms. The van der Waals surface area contributed by atoms with E-state index in [2.05, 4.69) is 10.3 Å². The minimum Gasteiger partial charge on any atom is -0.454 e. The number of rotatable bonds is 2. The van der Waals surface area contributed by atoms with Crippen molar-refractivity contribution < 1.29 is 0 Å². The van der Waals surface area contributed by atoms with E-state index in [1.807, 2.05) is 27.7 Å². The molecule has 0 radical (unpaired) electrons. The highest BCUT2D eigenvalue weighted by atomic mass is 15.1. The van der Waals surface area contributed by atoms with E-state index < -0.39 is 0 Å². The summed E-state index contributed by atoms with van der Waals surface area (Å²) in [5, 5.41) is 4.05. The highest BCUT2D eigenvalue weighted by Gasteiger charge is 1.87. The van der Waals surface area contributed by atoms with Crippen LogP contribution >= 0.6 is 0 Å². The zero-order valence-corrected chi connectivity index (χ0v) is 7.13. The molecule has 0 aromatic carbocycles. The maximum Gasteiger partial charge on any atom is 0.00371 e. The molecule has 0 aromatic heterocycles. The van der Waals surface area contributed by atoms with Crippen molar-refractivity contribution in [1.29, 1.82) is 0 Å². The minimum absolute atomic E-state index is 0.238. The molecule has 0 heterocycles. The van der Waals surface area contributed by atoms with Gasteiger partial charge in [-0.1, -0.05) is 27.7 Å². The highest BCUT2D eigenvalue weighted by Crippen LogP contribution is 1.97. The zero-order valence-electron chi connectivity index (χ0n) is 7.13. The standard InChI is InChI=1S/C7H16N3/c1-5(2)9-7(8)10-6(3)4/h5-6H,1-4H3,(H2-,8,9,10)/q-1. The molecule has 0 saturated carbocycles. The summed E-state index contributed by atoms with van der Waals surface area (Å²) in [5.74, 6) is 0.407. The van der Waals surface area contributed by atoms with Crippen molar-refractivity contribution in [2.75, 3.05) is 0 Å². The van der Waals surface area contributed by atoms with Crippen molar-refractivity contribution in [1.82, 2.24) is 0 Å². The molecule has 0 unspecified atom stereocenters. The summed E-state index contributed by atoms with van der Waals surface area (Å²) < 4.78 is 0. The Hall–Kier alpha value is -0.730. The van der Waals surface area contributed by atoms with Crippen molar-refractivity contribution in [3.8, 4) is 0 Å². The van der Waals surface area contributed by atoms with Crippen molar-refractivity contribution in [3.63, 3.8) is 0 Å². The van der Waals surface area contributed by atoms with Crippen LogP contribution in [0.3, 0.4) is 0 Å². The van der Waals surface area contributed by atoms with Gasteiger partial charge in [0.05, 0.1) is 0 Å². The summed E-state index contributed by atoms with van der Waals surface area (Å²) in [5.41, 5.74) is 5.46. The Labute approximate surface area is 62.7 Å². The Balaban J connectivity index is 3.71. The SMILES string of the molecule is CC(C)N=C(N)[N-]C(C)C. The van der Waals surface area contributed by atoms with Crippen molar-refractivity contribution in [2.45, 2.75) is 39.8 Å². The lowest BCUT2D eigenvalue weighted by Gasteiger charge is -2.17. The molecule has 0 fully saturated rings. The monoisotopic (exact) mass is 142 g/mol. The van der Waals surface area contributed by atoms with Crippen LogP contribution < -0.4 is 5.73 Å². The lowest BCUT2D eigenvalue weighted by atomic mass is 10.4. The van der Waals surface area contributed by atoms with Crippen LogP contribution in [0.25, 0.3) is 5.32 Å². The van der Waals surface area contributed by atoms with Gasteiger partial charge < -0.3 is 16.0 Å². The number of nitrogens with two attached hydrogens (primary N) is 1. The number of nitrogens with zero attached hydrogens (tertiary/aromatic N) is 2. The number of hydrogen-bond acceptors (Lipinski definition) is 1. The average Bonchev–Trinajstić information content (AvgIpc) is 1.58. The van der Waals surface area contributed by atoms with Gasteiger partial charge in [-0.3, -0.25) is 0 Å². The third kappa shape index (κ3) is 5.41. The van der Waals surface area contributed by atoms with Gasteiger partial charge in [-0.25, -0.2) is 0 Å². The minimum atomic E-state index is 0.238. The first-order chi connectivity index (χ1) is 4.52. The predicted molar refractivity (Wildman–Crippen MR) is 45.3 cm³/mol. The summed E-state index contributed by atoms with van der Waals surface area (Å²) in [6.45, 7) is 7.90. The van der Waals surface area contributed by atoms with Crippen molar-refractivity contribution in [3.05, 3.63) is 5.32 Å². The topological polar surface area (TPSA) is 52.5 Å². The first-order valence-corrected chi connectivity index (χ1v) is 3.56. The Morgan fingerprint density at radius 3 is 2.10 bits per heavy atom. The molecular formula is C7H16N3-. The van der Waals surface area contributed by atoms with E-state index in [9.17, 15) is 0 Å². The van der Waals surface area contributed by atoms with Gasteiger partial charge in [-0.15, -0.1) is 0 Å². The molecule has 0 amide bonds. The Kier molecular flexibility index (Phi) is 3.84. The summed E-state index contributed by atoms with van der Waals surface area (Å²) in [4.78, 5) is 4.05. The molecule has 60 valence electrons. The van der Waals surface area contributed by atoms with Crippen LogP contribution in [-0.2, 0) is 0 Å². The van der Waals surface area contributed by atoms with Crippen LogP contribution in [0, 0.1) is 0 Å². The normalized spacial score (nSPS) is 12.8. The highest BCUT2D eigenvalue weighted by molar-refractivity contribution is 5.91. The van der Waals surface area contributed by atoms with Crippen molar-refractivity contribution >= 4 is 5.96 Å². The van der Waals surface area contributed by atoms with Gasteiger partial charge in [0.25, 0.3) is 0 Å². The fraction of sp³-hybridized carbons (Fsp3) is 0.857.